The molecule has 2 aromatic heterocycles. The Bertz CT molecular complexity index is 767. The second-order valence-corrected chi connectivity index (χ2v) is 6.98. The second kappa shape index (κ2) is 6.51. The fourth-order valence-corrected chi connectivity index (χ4v) is 3.15. The Morgan fingerprint density at radius 1 is 1.32 bits per heavy atom. The molecule has 8 heteroatoms. The minimum Gasteiger partial charge on any atom is -0.382 e. The molecule has 1 aliphatic heterocycles. The van der Waals surface area contributed by atoms with Crippen LogP contribution in [0.3, 0.4) is 0 Å². The average molecular weight is 344 g/mol. The van der Waals surface area contributed by atoms with Gasteiger partial charge in [0.25, 0.3) is 5.91 Å². The number of rotatable bonds is 3. The first-order valence-electron chi connectivity index (χ1n) is 8.55. The molecule has 0 saturated carbocycles. The highest BCUT2D eigenvalue weighted by Crippen LogP contribution is 2.31. The lowest BCUT2D eigenvalue weighted by molar-refractivity contribution is -0.0322. The van der Waals surface area contributed by atoms with Crippen molar-refractivity contribution < 1.29 is 9.90 Å². The quantitative estimate of drug-likeness (QED) is 0.904. The molecule has 1 amide bonds. The Hall–Kier alpha value is -2.35. The zero-order valence-electron chi connectivity index (χ0n) is 15.1. The number of β-amino-alcohol motifs (C(OH)–C–C–N with tert-alkyl or cyclic N) is 1. The predicted octanol–water partition coefficient (Wildman–Crippen LogP) is 1.39. The fourth-order valence-electron chi connectivity index (χ4n) is 3.15. The van der Waals surface area contributed by atoms with Crippen molar-refractivity contribution in [2.24, 2.45) is 0 Å². The summed E-state index contributed by atoms with van der Waals surface area (Å²) in [6.45, 7) is 8.37. The Balaban J connectivity index is 1.83. The summed E-state index contributed by atoms with van der Waals surface area (Å²) in [5.41, 5.74) is 0.440. The van der Waals surface area contributed by atoms with Crippen molar-refractivity contribution in [2.75, 3.05) is 13.1 Å². The van der Waals surface area contributed by atoms with Crippen molar-refractivity contribution in [2.45, 2.75) is 52.2 Å². The van der Waals surface area contributed by atoms with Gasteiger partial charge in [0, 0.05) is 18.3 Å². The van der Waals surface area contributed by atoms with Crippen molar-refractivity contribution in [3.05, 3.63) is 35.2 Å². The standard InChI is InChI=1S/C17H24N6O2/c1-11(2)23-9-15(20-21-23)17(25)6-5-7-22(10-17)16(24)14-8-12(3)18-13(4)19-14/h8-9,11,25H,5-7,10H2,1-4H3/t17-/m1/s1. The summed E-state index contributed by atoms with van der Waals surface area (Å²) in [6, 6.07) is 1.84. The molecule has 1 atom stereocenters. The number of hydrogen-bond donors (Lipinski definition) is 1. The van der Waals surface area contributed by atoms with E-state index in [9.17, 15) is 9.90 Å². The summed E-state index contributed by atoms with van der Waals surface area (Å²) in [5, 5.41) is 19.3. The summed E-state index contributed by atoms with van der Waals surface area (Å²) < 4.78 is 1.71. The van der Waals surface area contributed by atoms with E-state index in [0.717, 1.165) is 5.69 Å². The van der Waals surface area contributed by atoms with E-state index in [-0.39, 0.29) is 18.5 Å². The molecule has 1 fully saturated rings. The van der Waals surface area contributed by atoms with Gasteiger partial charge in [-0.2, -0.15) is 0 Å². The van der Waals surface area contributed by atoms with Gasteiger partial charge in [0.2, 0.25) is 0 Å². The van der Waals surface area contributed by atoms with Crippen molar-refractivity contribution in [3.63, 3.8) is 0 Å². The number of aryl methyl sites for hydroxylation is 2. The summed E-state index contributed by atoms with van der Waals surface area (Å²) in [6.07, 6.45) is 3.01. The lowest BCUT2D eigenvalue weighted by atomic mass is 9.90. The Kier molecular flexibility index (Phi) is 4.55. The first kappa shape index (κ1) is 17.5. The number of amides is 1. The molecule has 2 aromatic rings. The average Bonchev–Trinajstić information content (AvgIpc) is 3.04. The van der Waals surface area contributed by atoms with E-state index in [1.165, 1.54) is 0 Å². The first-order chi connectivity index (χ1) is 11.8. The topological polar surface area (TPSA) is 97.0 Å². The van der Waals surface area contributed by atoms with Gasteiger partial charge in [-0.1, -0.05) is 5.21 Å². The Morgan fingerprint density at radius 3 is 2.72 bits per heavy atom. The van der Waals surface area contributed by atoms with Crippen molar-refractivity contribution in [1.29, 1.82) is 0 Å². The molecule has 0 unspecified atom stereocenters. The van der Waals surface area contributed by atoms with E-state index in [0.29, 0.717) is 36.6 Å². The summed E-state index contributed by atoms with van der Waals surface area (Å²) >= 11 is 0. The number of piperidine rings is 1. The highest BCUT2D eigenvalue weighted by atomic mass is 16.3. The Labute approximate surface area is 146 Å². The smallest absolute Gasteiger partial charge is 0.272 e. The number of carbonyl (C=O) groups excluding carboxylic acids is 1. The van der Waals surface area contributed by atoms with Gasteiger partial charge in [-0.15, -0.1) is 5.10 Å². The molecule has 0 spiro atoms. The summed E-state index contributed by atoms with van der Waals surface area (Å²) in [7, 11) is 0. The van der Waals surface area contributed by atoms with Crippen LogP contribution in [-0.4, -0.2) is 54.0 Å². The van der Waals surface area contributed by atoms with Crippen LogP contribution in [-0.2, 0) is 5.60 Å². The highest BCUT2D eigenvalue weighted by Gasteiger charge is 2.39. The van der Waals surface area contributed by atoms with Crippen LogP contribution in [0.5, 0.6) is 0 Å². The predicted molar refractivity (Wildman–Crippen MR) is 90.9 cm³/mol. The molecule has 0 radical (unpaired) electrons. The molecule has 1 aliphatic rings. The van der Waals surface area contributed by atoms with E-state index < -0.39 is 5.60 Å². The minimum atomic E-state index is -1.18. The van der Waals surface area contributed by atoms with Crippen LogP contribution in [0, 0.1) is 13.8 Å². The molecular weight excluding hydrogens is 320 g/mol. The van der Waals surface area contributed by atoms with Gasteiger partial charge in [0.1, 0.15) is 22.8 Å². The number of nitrogens with zero attached hydrogens (tertiary/aromatic N) is 6. The van der Waals surface area contributed by atoms with Crippen LogP contribution < -0.4 is 0 Å². The van der Waals surface area contributed by atoms with E-state index in [2.05, 4.69) is 20.3 Å². The molecule has 25 heavy (non-hydrogen) atoms. The van der Waals surface area contributed by atoms with Gasteiger partial charge in [-0.05, 0) is 46.6 Å². The van der Waals surface area contributed by atoms with E-state index in [1.54, 1.807) is 28.8 Å². The van der Waals surface area contributed by atoms with Crippen LogP contribution in [0.4, 0.5) is 0 Å². The van der Waals surface area contributed by atoms with Crippen LogP contribution in [0.15, 0.2) is 12.3 Å². The van der Waals surface area contributed by atoms with Gasteiger partial charge in [0.05, 0.1) is 12.7 Å². The van der Waals surface area contributed by atoms with Gasteiger partial charge in [0.15, 0.2) is 0 Å². The summed E-state index contributed by atoms with van der Waals surface area (Å²) in [4.78, 5) is 22.9. The molecule has 134 valence electrons. The van der Waals surface area contributed by atoms with Crippen LogP contribution >= 0.6 is 0 Å². The molecule has 1 saturated heterocycles. The third-order valence-corrected chi connectivity index (χ3v) is 4.46. The molecular formula is C17H24N6O2. The monoisotopic (exact) mass is 344 g/mol. The number of aliphatic hydroxyl groups is 1. The molecule has 1 N–H and O–H groups in total. The molecule has 3 rings (SSSR count). The van der Waals surface area contributed by atoms with Crippen LogP contribution in [0.1, 0.15) is 60.4 Å². The lowest BCUT2D eigenvalue weighted by Crippen LogP contribution is -2.49. The van der Waals surface area contributed by atoms with Gasteiger partial charge in [-0.25, -0.2) is 14.6 Å². The highest BCUT2D eigenvalue weighted by molar-refractivity contribution is 5.92. The molecule has 0 aliphatic carbocycles. The van der Waals surface area contributed by atoms with Crippen LogP contribution in [0.2, 0.25) is 0 Å². The molecule has 3 heterocycles. The molecule has 0 bridgehead atoms. The van der Waals surface area contributed by atoms with Crippen molar-refractivity contribution in [1.82, 2.24) is 29.9 Å². The maximum Gasteiger partial charge on any atom is 0.272 e. The third-order valence-electron chi connectivity index (χ3n) is 4.46. The van der Waals surface area contributed by atoms with Crippen LogP contribution in [0.25, 0.3) is 0 Å². The maximum absolute atomic E-state index is 12.8. The SMILES string of the molecule is Cc1cc(C(=O)N2CCC[C@](O)(c3cn(C(C)C)nn3)C2)nc(C)n1. The molecule has 8 nitrogen and oxygen atoms in total. The van der Waals surface area contributed by atoms with Crippen molar-refractivity contribution in [3.8, 4) is 0 Å². The largest absolute Gasteiger partial charge is 0.382 e. The van der Waals surface area contributed by atoms with E-state index in [1.807, 2.05) is 20.8 Å². The number of aromatic nitrogens is 5. The number of carbonyl (C=O) groups is 1. The van der Waals surface area contributed by atoms with E-state index in [4.69, 9.17) is 0 Å². The fraction of sp³-hybridized carbons (Fsp3) is 0.588. The number of hydrogen-bond acceptors (Lipinski definition) is 6. The zero-order valence-corrected chi connectivity index (χ0v) is 15.1. The Morgan fingerprint density at radius 2 is 2.08 bits per heavy atom. The number of likely N-dealkylation sites (tertiary alicyclic amines) is 1. The van der Waals surface area contributed by atoms with Gasteiger partial charge >= 0.3 is 0 Å². The van der Waals surface area contributed by atoms with Gasteiger partial charge < -0.3 is 10.0 Å². The third kappa shape index (κ3) is 3.53. The minimum absolute atomic E-state index is 0.165. The second-order valence-electron chi connectivity index (χ2n) is 6.98. The lowest BCUT2D eigenvalue weighted by Gasteiger charge is -2.37. The van der Waals surface area contributed by atoms with Gasteiger partial charge in [-0.3, -0.25) is 4.79 Å². The van der Waals surface area contributed by atoms with E-state index >= 15 is 0 Å². The van der Waals surface area contributed by atoms with Crippen molar-refractivity contribution >= 4 is 5.91 Å². The molecule has 0 aromatic carbocycles. The maximum atomic E-state index is 12.8. The zero-order chi connectivity index (χ0) is 18.2. The normalized spacial score (nSPS) is 21.0. The first-order valence-corrected chi connectivity index (χ1v) is 8.55. The summed E-state index contributed by atoms with van der Waals surface area (Å²) in [5.74, 6) is 0.374.